The van der Waals surface area contributed by atoms with Crippen LogP contribution in [0.25, 0.3) is 0 Å². The molecule has 6 nitrogen and oxygen atoms in total. The minimum atomic E-state index is -0.262. The number of rotatable bonds is 6. The molecule has 0 aliphatic rings. The van der Waals surface area contributed by atoms with Crippen LogP contribution in [0, 0.1) is 0 Å². The highest BCUT2D eigenvalue weighted by molar-refractivity contribution is 5.28. The zero-order valence-electron chi connectivity index (χ0n) is 9.18. The van der Waals surface area contributed by atoms with E-state index in [-0.39, 0.29) is 5.69 Å². The third-order valence-electron chi connectivity index (χ3n) is 1.77. The SMILES string of the molecule is CCCNc1nc(NCCC)[nH+]c(=O)[nH]1. The molecular weight excluding hydrogens is 194 g/mol. The summed E-state index contributed by atoms with van der Waals surface area (Å²) in [7, 11) is 0. The quantitative estimate of drug-likeness (QED) is 0.630. The lowest BCUT2D eigenvalue weighted by Crippen LogP contribution is -2.35. The van der Waals surface area contributed by atoms with Crippen molar-refractivity contribution in [3.05, 3.63) is 10.5 Å². The Kier molecular flexibility index (Phi) is 4.59. The molecule has 0 saturated heterocycles. The first-order valence-corrected chi connectivity index (χ1v) is 5.27. The highest BCUT2D eigenvalue weighted by atomic mass is 16.1. The number of H-pyrrole nitrogens is 2. The number of aromatic amines is 2. The van der Waals surface area contributed by atoms with Gasteiger partial charge >= 0.3 is 17.6 Å². The number of nitrogens with one attached hydrogen (secondary N) is 4. The second kappa shape index (κ2) is 6.00. The maximum atomic E-state index is 11.2. The van der Waals surface area contributed by atoms with Crippen molar-refractivity contribution in [2.24, 2.45) is 0 Å². The summed E-state index contributed by atoms with van der Waals surface area (Å²) in [5.41, 5.74) is -0.262. The van der Waals surface area contributed by atoms with Gasteiger partial charge in [0.25, 0.3) is 0 Å². The molecule has 0 spiro atoms. The first-order valence-electron chi connectivity index (χ1n) is 5.27. The minimum Gasteiger partial charge on any atom is -0.335 e. The summed E-state index contributed by atoms with van der Waals surface area (Å²) in [6, 6.07) is 0. The first-order chi connectivity index (χ1) is 7.26. The third kappa shape index (κ3) is 3.97. The maximum Gasteiger partial charge on any atom is 0.415 e. The summed E-state index contributed by atoms with van der Waals surface area (Å²) in [6.45, 7) is 5.69. The summed E-state index contributed by atoms with van der Waals surface area (Å²) in [6.07, 6.45) is 1.97. The number of aromatic nitrogens is 3. The molecule has 0 fully saturated rings. The lowest BCUT2D eigenvalue weighted by molar-refractivity contribution is -0.389. The fourth-order valence-corrected chi connectivity index (χ4v) is 1.07. The van der Waals surface area contributed by atoms with Crippen LogP contribution in [-0.2, 0) is 0 Å². The van der Waals surface area contributed by atoms with E-state index in [1.807, 2.05) is 0 Å². The predicted octanol–water partition coefficient (Wildman–Crippen LogP) is 0.228. The molecule has 0 radical (unpaired) electrons. The molecule has 0 saturated carbocycles. The summed E-state index contributed by atoms with van der Waals surface area (Å²) in [5.74, 6) is 0.999. The van der Waals surface area contributed by atoms with E-state index >= 15 is 0 Å². The van der Waals surface area contributed by atoms with Crippen molar-refractivity contribution in [2.75, 3.05) is 23.7 Å². The van der Waals surface area contributed by atoms with Crippen molar-refractivity contribution in [1.82, 2.24) is 9.97 Å². The molecule has 6 heteroatoms. The van der Waals surface area contributed by atoms with Gasteiger partial charge in [0, 0.05) is 6.54 Å². The van der Waals surface area contributed by atoms with Gasteiger partial charge < -0.3 is 5.32 Å². The third-order valence-corrected chi connectivity index (χ3v) is 1.77. The maximum absolute atomic E-state index is 11.2. The second-order valence-electron chi connectivity index (χ2n) is 3.24. The van der Waals surface area contributed by atoms with Crippen molar-refractivity contribution in [3.8, 4) is 0 Å². The summed E-state index contributed by atoms with van der Waals surface area (Å²) < 4.78 is 0. The Bertz CT molecular complexity index is 319. The monoisotopic (exact) mass is 212 g/mol. The molecule has 0 aliphatic heterocycles. The highest BCUT2D eigenvalue weighted by Gasteiger charge is 2.07. The van der Waals surface area contributed by atoms with Gasteiger partial charge in [0.1, 0.15) is 0 Å². The van der Waals surface area contributed by atoms with Crippen LogP contribution < -0.4 is 21.3 Å². The van der Waals surface area contributed by atoms with Crippen LogP contribution in [0.5, 0.6) is 0 Å². The van der Waals surface area contributed by atoms with Gasteiger partial charge in [-0.3, -0.25) is 5.32 Å². The van der Waals surface area contributed by atoms with Crippen molar-refractivity contribution >= 4 is 11.9 Å². The Morgan fingerprint density at radius 2 is 1.93 bits per heavy atom. The van der Waals surface area contributed by atoms with E-state index in [0.717, 1.165) is 25.9 Å². The molecule has 84 valence electrons. The number of hydrogen-bond acceptors (Lipinski definition) is 4. The van der Waals surface area contributed by atoms with Crippen molar-refractivity contribution in [2.45, 2.75) is 26.7 Å². The molecule has 0 bridgehead atoms. The van der Waals surface area contributed by atoms with Gasteiger partial charge in [0.15, 0.2) is 0 Å². The average molecular weight is 212 g/mol. The molecule has 0 atom stereocenters. The average Bonchev–Trinajstić information content (AvgIpc) is 2.23. The Labute approximate surface area is 88.5 Å². The van der Waals surface area contributed by atoms with Crippen molar-refractivity contribution in [3.63, 3.8) is 0 Å². The lowest BCUT2D eigenvalue weighted by atomic mass is 10.5. The van der Waals surface area contributed by atoms with E-state index in [2.05, 4.69) is 39.4 Å². The molecule has 1 aromatic rings. The zero-order chi connectivity index (χ0) is 11.1. The van der Waals surface area contributed by atoms with Gasteiger partial charge in [-0.25, -0.2) is 14.8 Å². The topological polar surface area (TPSA) is 83.9 Å². The van der Waals surface area contributed by atoms with Crippen LogP contribution in [0.3, 0.4) is 0 Å². The van der Waals surface area contributed by atoms with E-state index in [4.69, 9.17) is 0 Å². The predicted molar refractivity (Wildman–Crippen MR) is 59.0 cm³/mol. The highest BCUT2D eigenvalue weighted by Crippen LogP contribution is 1.96. The van der Waals surface area contributed by atoms with Gasteiger partial charge in [0.2, 0.25) is 0 Å². The summed E-state index contributed by atoms with van der Waals surface area (Å²) in [5, 5.41) is 6.05. The van der Waals surface area contributed by atoms with Crippen LogP contribution in [0.2, 0.25) is 0 Å². The minimum absolute atomic E-state index is 0.262. The molecule has 15 heavy (non-hydrogen) atoms. The van der Waals surface area contributed by atoms with E-state index < -0.39 is 0 Å². The molecule has 4 N–H and O–H groups in total. The van der Waals surface area contributed by atoms with Crippen LogP contribution >= 0.6 is 0 Å². The van der Waals surface area contributed by atoms with E-state index in [9.17, 15) is 4.79 Å². The Balaban J connectivity index is 2.71. The van der Waals surface area contributed by atoms with Gasteiger partial charge in [-0.15, -0.1) is 0 Å². The molecule has 0 aliphatic carbocycles. The number of nitrogens with zero attached hydrogens (tertiary/aromatic N) is 1. The Morgan fingerprint density at radius 1 is 1.27 bits per heavy atom. The fraction of sp³-hybridized carbons (Fsp3) is 0.667. The van der Waals surface area contributed by atoms with Gasteiger partial charge in [0.05, 0.1) is 6.54 Å². The van der Waals surface area contributed by atoms with Crippen LogP contribution in [0.15, 0.2) is 4.79 Å². The molecule has 1 heterocycles. The van der Waals surface area contributed by atoms with E-state index in [1.165, 1.54) is 0 Å². The molecule has 1 aromatic heterocycles. The lowest BCUT2D eigenvalue weighted by Gasteiger charge is -2.00. The number of hydrogen-bond donors (Lipinski definition) is 3. The molecule has 0 unspecified atom stereocenters. The molecule has 0 aromatic carbocycles. The largest absolute Gasteiger partial charge is 0.415 e. The zero-order valence-corrected chi connectivity index (χ0v) is 9.18. The summed E-state index contributed by atoms with van der Waals surface area (Å²) >= 11 is 0. The smallest absolute Gasteiger partial charge is 0.335 e. The van der Waals surface area contributed by atoms with E-state index in [1.54, 1.807) is 0 Å². The van der Waals surface area contributed by atoms with E-state index in [0.29, 0.717) is 11.9 Å². The second-order valence-corrected chi connectivity index (χ2v) is 3.24. The molecule has 1 rings (SSSR count). The molecular formula is C9H18N5O+. The first kappa shape index (κ1) is 11.5. The van der Waals surface area contributed by atoms with Gasteiger partial charge in [-0.05, 0) is 12.8 Å². The van der Waals surface area contributed by atoms with Crippen molar-refractivity contribution < 1.29 is 4.98 Å². The van der Waals surface area contributed by atoms with Gasteiger partial charge in [-0.2, -0.15) is 0 Å². The van der Waals surface area contributed by atoms with Crippen LogP contribution in [-0.4, -0.2) is 23.1 Å². The standard InChI is InChI=1S/C9H17N5O/c1-3-5-10-7-12-8(11-6-4-2)14-9(15)13-7/h3-6H2,1-2H3,(H3,10,11,12,13,14,15)/p+1. The Hall–Kier alpha value is -1.59. The van der Waals surface area contributed by atoms with Crippen LogP contribution in [0.4, 0.5) is 11.9 Å². The number of anilines is 2. The van der Waals surface area contributed by atoms with Crippen molar-refractivity contribution in [1.29, 1.82) is 0 Å². The fourth-order valence-electron chi connectivity index (χ4n) is 1.07. The summed E-state index contributed by atoms with van der Waals surface area (Å²) in [4.78, 5) is 20.6. The van der Waals surface area contributed by atoms with Crippen LogP contribution in [0.1, 0.15) is 26.7 Å². The Morgan fingerprint density at radius 3 is 2.60 bits per heavy atom. The normalized spacial score (nSPS) is 10.0. The van der Waals surface area contributed by atoms with Gasteiger partial charge in [-0.1, -0.05) is 18.8 Å². The molecule has 0 amide bonds.